The molecule has 0 fully saturated rings. The topological polar surface area (TPSA) is 41.7 Å². The van der Waals surface area contributed by atoms with Crippen LogP contribution in [0.1, 0.15) is 5.56 Å². The summed E-state index contributed by atoms with van der Waals surface area (Å²) < 4.78 is 2.05. The van der Waals surface area contributed by atoms with Crippen molar-refractivity contribution in [1.29, 1.82) is 0 Å². The van der Waals surface area contributed by atoms with Crippen molar-refractivity contribution >= 4 is 11.5 Å². The van der Waals surface area contributed by atoms with Gasteiger partial charge in [0, 0.05) is 11.7 Å². The zero-order valence-electron chi connectivity index (χ0n) is 13.6. The number of hydrogen-bond donors (Lipinski definition) is 1. The highest BCUT2D eigenvalue weighted by molar-refractivity contribution is 5.74. The van der Waals surface area contributed by atoms with Gasteiger partial charge in [0.1, 0.15) is 0 Å². The van der Waals surface area contributed by atoms with E-state index in [2.05, 4.69) is 46.9 Å². The van der Waals surface area contributed by atoms with Crippen LogP contribution in [-0.2, 0) is 11.2 Å². The molecule has 0 aliphatic rings. The van der Waals surface area contributed by atoms with Gasteiger partial charge in [-0.3, -0.25) is 4.79 Å². The maximum absolute atomic E-state index is 11.0. The number of carbonyl (C=O) groups is 1. The first-order valence-electron chi connectivity index (χ1n) is 8.18. The van der Waals surface area contributed by atoms with Crippen molar-refractivity contribution in [2.75, 3.05) is 0 Å². The normalized spacial score (nSPS) is 10.9. The summed E-state index contributed by atoms with van der Waals surface area (Å²) in [6, 6.07) is 26.7. The molecule has 2 aromatic carbocycles. The smallest absolute Gasteiger partial charge is 0.307 e. The van der Waals surface area contributed by atoms with Crippen LogP contribution in [0.3, 0.4) is 0 Å². The number of rotatable bonds is 4. The van der Waals surface area contributed by atoms with Crippen molar-refractivity contribution < 1.29 is 9.90 Å². The van der Waals surface area contributed by atoms with E-state index in [1.165, 1.54) is 11.1 Å². The van der Waals surface area contributed by atoms with Gasteiger partial charge in [0.05, 0.1) is 12.1 Å². The lowest BCUT2D eigenvalue weighted by Gasteiger charge is -2.08. The molecular formula is C22H17NO2. The van der Waals surface area contributed by atoms with Crippen LogP contribution in [0, 0.1) is 0 Å². The lowest BCUT2D eigenvalue weighted by atomic mass is 10.0. The second kappa shape index (κ2) is 6.29. The quantitative estimate of drug-likeness (QED) is 0.579. The van der Waals surface area contributed by atoms with Crippen LogP contribution < -0.4 is 0 Å². The SMILES string of the molecule is O=C(O)Cc1cc2cccc(-c3ccc(-c4ccccc4)cc3)n2c1. The number of fused-ring (bicyclic) bond motifs is 1. The van der Waals surface area contributed by atoms with Crippen LogP contribution in [0.5, 0.6) is 0 Å². The first-order valence-corrected chi connectivity index (χ1v) is 8.18. The van der Waals surface area contributed by atoms with Crippen molar-refractivity contribution in [2.45, 2.75) is 6.42 Å². The van der Waals surface area contributed by atoms with Gasteiger partial charge in [-0.1, -0.05) is 60.7 Å². The Morgan fingerprint density at radius 3 is 2.20 bits per heavy atom. The largest absolute Gasteiger partial charge is 0.481 e. The maximum Gasteiger partial charge on any atom is 0.307 e. The summed E-state index contributed by atoms with van der Waals surface area (Å²) in [7, 11) is 0. The molecule has 3 nitrogen and oxygen atoms in total. The molecule has 2 aromatic heterocycles. The Bertz CT molecular complexity index is 1030. The molecule has 0 radical (unpaired) electrons. The van der Waals surface area contributed by atoms with Gasteiger partial charge in [-0.25, -0.2) is 0 Å². The van der Waals surface area contributed by atoms with Crippen molar-refractivity contribution in [2.24, 2.45) is 0 Å². The van der Waals surface area contributed by atoms with E-state index >= 15 is 0 Å². The first kappa shape index (κ1) is 15.2. The van der Waals surface area contributed by atoms with Crippen molar-refractivity contribution in [3.8, 4) is 22.4 Å². The van der Waals surface area contributed by atoms with E-state index in [-0.39, 0.29) is 6.42 Å². The Balaban J connectivity index is 1.74. The van der Waals surface area contributed by atoms with Gasteiger partial charge in [0.25, 0.3) is 0 Å². The average molecular weight is 327 g/mol. The van der Waals surface area contributed by atoms with Gasteiger partial charge < -0.3 is 9.51 Å². The second-order valence-electron chi connectivity index (χ2n) is 6.07. The molecule has 0 aliphatic carbocycles. The van der Waals surface area contributed by atoms with Crippen LogP contribution in [0.25, 0.3) is 27.9 Å². The van der Waals surface area contributed by atoms with E-state index in [1.54, 1.807) is 0 Å². The van der Waals surface area contributed by atoms with Crippen LogP contribution in [0.2, 0.25) is 0 Å². The first-order chi connectivity index (χ1) is 12.2. The minimum Gasteiger partial charge on any atom is -0.481 e. The van der Waals surface area contributed by atoms with E-state index in [4.69, 9.17) is 5.11 Å². The third-order valence-corrected chi connectivity index (χ3v) is 4.33. The number of carboxylic acids is 1. The molecule has 2 heterocycles. The molecular weight excluding hydrogens is 310 g/mol. The summed E-state index contributed by atoms with van der Waals surface area (Å²) in [6.07, 6.45) is 1.94. The highest BCUT2D eigenvalue weighted by Gasteiger charge is 2.08. The Labute approximate surface area is 145 Å². The van der Waals surface area contributed by atoms with Crippen LogP contribution >= 0.6 is 0 Å². The second-order valence-corrected chi connectivity index (χ2v) is 6.07. The van der Waals surface area contributed by atoms with E-state index in [0.717, 1.165) is 22.3 Å². The molecule has 0 saturated heterocycles. The molecule has 0 atom stereocenters. The molecule has 0 amide bonds. The third kappa shape index (κ3) is 3.04. The molecule has 1 N–H and O–H groups in total. The number of benzene rings is 2. The molecule has 4 rings (SSSR count). The van der Waals surface area contributed by atoms with E-state index in [1.807, 2.05) is 42.6 Å². The Morgan fingerprint density at radius 2 is 1.48 bits per heavy atom. The van der Waals surface area contributed by atoms with Gasteiger partial charge in [-0.15, -0.1) is 0 Å². The molecule has 122 valence electrons. The molecule has 3 heteroatoms. The van der Waals surface area contributed by atoms with Gasteiger partial charge >= 0.3 is 5.97 Å². The highest BCUT2D eigenvalue weighted by atomic mass is 16.4. The number of carboxylic acid groups (broad SMARTS) is 1. The van der Waals surface area contributed by atoms with E-state index in [9.17, 15) is 4.79 Å². The summed E-state index contributed by atoms with van der Waals surface area (Å²) in [6.45, 7) is 0. The Morgan fingerprint density at radius 1 is 0.800 bits per heavy atom. The van der Waals surface area contributed by atoms with Crippen molar-refractivity contribution in [3.63, 3.8) is 0 Å². The number of aliphatic carboxylic acids is 1. The molecule has 25 heavy (non-hydrogen) atoms. The molecule has 0 bridgehead atoms. The van der Waals surface area contributed by atoms with Crippen LogP contribution in [0.4, 0.5) is 0 Å². The summed E-state index contributed by atoms with van der Waals surface area (Å²) >= 11 is 0. The van der Waals surface area contributed by atoms with Gasteiger partial charge in [0.15, 0.2) is 0 Å². The molecule has 0 saturated carbocycles. The predicted octanol–water partition coefficient (Wildman–Crippen LogP) is 4.90. The average Bonchev–Trinajstić information content (AvgIpc) is 3.04. The number of aromatic nitrogens is 1. The fraction of sp³-hybridized carbons (Fsp3) is 0.0455. The fourth-order valence-electron chi connectivity index (χ4n) is 3.16. The molecule has 0 unspecified atom stereocenters. The molecule has 0 aliphatic heterocycles. The number of hydrogen-bond acceptors (Lipinski definition) is 1. The lowest BCUT2D eigenvalue weighted by molar-refractivity contribution is -0.136. The summed E-state index contributed by atoms with van der Waals surface area (Å²) in [5.41, 5.74) is 6.32. The highest BCUT2D eigenvalue weighted by Crippen LogP contribution is 2.26. The minimum atomic E-state index is -0.815. The van der Waals surface area contributed by atoms with Crippen LogP contribution in [0.15, 0.2) is 85.1 Å². The van der Waals surface area contributed by atoms with Crippen molar-refractivity contribution in [3.05, 3.63) is 90.6 Å². The monoisotopic (exact) mass is 327 g/mol. The zero-order valence-corrected chi connectivity index (χ0v) is 13.6. The van der Waals surface area contributed by atoms with Crippen molar-refractivity contribution in [1.82, 2.24) is 4.40 Å². The van der Waals surface area contributed by atoms with E-state index in [0.29, 0.717) is 0 Å². The fourth-order valence-corrected chi connectivity index (χ4v) is 3.16. The number of nitrogens with zero attached hydrogens (tertiary/aromatic N) is 1. The molecule has 0 spiro atoms. The van der Waals surface area contributed by atoms with Gasteiger partial charge in [-0.05, 0) is 40.5 Å². The Hall–Kier alpha value is -3.33. The zero-order chi connectivity index (χ0) is 17.2. The summed E-state index contributed by atoms with van der Waals surface area (Å²) in [4.78, 5) is 11.0. The summed E-state index contributed by atoms with van der Waals surface area (Å²) in [5, 5.41) is 9.01. The molecule has 4 aromatic rings. The van der Waals surface area contributed by atoms with Gasteiger partial charge in [-0.2, -0.15) is 0 Å². The Kier molecular flexibility index (Phi) is 3.82. The van der Waals surface area contributed by atoms with Gasteiger partial charge in [0.2, 0.25) is 0 Å². The maximum atomic E-state index is 11.0. The standard InChI is InChI=1S/C22H17NO2/c24-22(25)14-16-13-20-7-4-8-21(23(20)15-16)19-11-9-18(10-12-19)17-5-2-1-3-6-17/h1-13,15H,14H2,(H,24,25). The predicted molar refractivity (Wildman–Crippen MR) is 99.6 cm³/mol. The summed E-state index contributed by atoms with van der Waals surface area (Å²) in [5.74, 6) is -0.815. The van der Waals surface area contributed by atoms with Crippen LogP contribution in [-0.4, -0.2) is 15.5 Å². The minimum absolute atomic E-state index is 0.0358. The van der Waals surface area contributed by atoms with E-state index < -0.39 is 5.97 Å². The lowest BCUT2D eigenvalue weighted by Crippen LogP contribution is -1.98. The number of pyridine rings is 1. The third-order valence-electron chi connectivity index (χ3n) is 4.33.